The Balaban J connectivity index is 1.73. The molecule has 0 saturated heterocycles. The Morgan fingerprint density at radius 1 is 1.05 bits per heavy atom. The summed E-state index contributed by atoms with van der Waals surface area (Å²) in [6.45, 7) is 0. The second kappa shape index (κ2) is 6.39. The SMILES string of the molecule is CNC(Cc1ccc(Cl)c(Cl)c1)C1Cc2ccccc2C1. The van der Waals surface area contributed by atoms with E-state index in [0.29, 0.717) is 22.0 Å². The Bertz CT molecular complexity index is 614. The third kappa shape index (κ3) is 3.26. The minimum atomic E-state index is 0.453. The molecule has 110 valence electrons. The van der Waals surface area contributed by atoms with Gasteiger partial charge < -0.3 is 5.32 Å². The minimum Gasteiger partial charge on any atom is -0.316 e. The Labute approximate surface area is 136 Å². The van der Waals surface area contributed by atoms with Gasteiger partial charge in [-0.1, -0.05) is 53.5 Å². The first-order chi connectivity index (χ1) is 10.2. The van der Waals surface area contributed by atoms with Crippen molar-refractivity contribution in [3.63, 3.8) is 0 Å². The van der Waals surface area contributed by atoms with Gasteiger partial charge in [-0.15, -0.1) is 0 Å². The van der Waals surface area contributed by atoms with Crippen LogP contribution in [0.2, 0.25) is 10.0 Å². The second-order valence-corrected chi connectivity index (χ2v) is 6.60. The predicted octanol–water partition coefficient (Wildman–Crippen LogP) is 4.54. The average Bonchev–Trinajstić information content (AvgIpc) is 2.92. The van der Waals surface area contributed by atoms with Crippen molar-refractivity contribution in [2.24, 2.45) is 5.92 Å². The molecular formula is C18H19Cl2N. The molecule has 0 aliphatic heterocycles. The first-order valence-corrected chi connectivity index (χ1v) is 8.11. The largest absolute Gasteiger partial charge is 0.316 e. The van der Waals surface area contributed by atoms with Crippen molar-refractivity contribution in [1.29, 1.82) is 0 Å². The fourth-order valence-corrected chi connectivity index (χ4v) is 3.62. The van der Waals surface area contributed by atoms with Gasteiger partial charge in [-0.2, -0.15) is 0 Å². The van der Waals surface area contributed by atoms with Crippen LogP contribution in [0.25, 0.3) is 0 Å². The number of hydrogen-bond acceptors (Lipinski definition) is 1. The number of fused-ring (bicyclic) bond motifs is 1. The zero-order valence-corrected chi connectivity index (χ0v) is 13.6. The lowest BCUT2D eigenvalue weighted by Gasteiger charge is -2.23. The molecule has 1 aliphatic rings. The molecule has 0 fully saturated rings. The molecule has 0 heterocycles. The van der Waals surface area contributed by atoms with Gasteiger partial charge in [0, 0.05) is 6.04 Å². The first kappa shape index (κ1) is 14.9. The van der Waals surface area contributed by atoms with E-state index in [-0.39, 0.29) is 0 Å². The molecule has 2 aromatic rings. The number of nitrogens with one attached hydrogen (secondary N) is 1. The first-order valence-electron chi connectivity index (χ1n) is 7.35. The van der Waals surface area contributed by atoms with Crippen LogP contribution in [0.4, 0.5) is 0 Å². The summed E-state index contributed by atoms with van der Waals surface area (Å²) in [6, 6.07) is 15.2. The Morgan fingerprint density at radius 2 is 1.71 bits per heavy atom. The van der Waals surface area contributed by atoms with E-state index in [4.69, 9.17) is 23.2 Å². The van der Waals surface area contributed by atoms with E-state index in [0.717, 1.165) is 19.3 Å². The van der Waals surface area contributed by atoms with E-state index >= 15 is 0 Å². The lowest BCUT2D eigenvalue weighted by Crippen LogP contribution is -2.36. The third-order valence-electron chi connectivity index (χ3n) is 4.46. The van der Waals surface area contributed by atoms with Gasteiger partial charge in [0.1, 0.15) is 0 Å². The van der Waals surface area contributed by atoms with E-state index in [1.54, 1.807) is 0 Å². The van der Waals surface area contributed by atoms with Crippen LogP contribution < -0.4 is 5.32 Å². The summed E-state index contributed by atoms with van der Waals surface area (Å²) >= 11 is 12.1. The highest BCUT2D eigenvalue weighted by molar-refractivity contribution is 6.42. The molecule has 0 amide bonds. The highest BCUT2D eigenvalue weighted by Gasteiger charge is 2.27. The molecule has 0 aromatic heterocycles. The molecule has 0 radical (unpaired) electrons. The Morgan fingerprint density at radius 3 is 2.29 bits per heavy atom. The molecule has 0 spiro atoms. The van der Waals surface area contributed by atoms with Crippen molar-refractivity contribution in [1.82, 2.24) is 5.32 Å². The van der Waals surface area contributed by atoms with Crippen molar-refractivity contribution in [3.05, 3.63) is 69.2 Å². The van der Waals surface area contributed by atoms with Crippen LogP contribution in [0.3, 0.4) is 0 Å². The second-order valence-electron chi connectivity index (χ2n) is 5.78. The standard InChI is InChI=1S/C18H19Cl2N/c1-21-18(9-12-6-7-16(19)17(20)8-12)15-10-13-4-2-3-5-14(13)11-15/h2-8,15,18,21H,9-11H2,1H3. The van der Waals surface area contributed by atoms with Crippen LogP contribution in [-0.4, -0.2) is 13.1 Å². The summed E-state index contributed by atoms with van der Waals surface area (Å²) in [5.41, 5.74) is 4.23. The van der Waals surface area contributed by atoms with Crippen LogP contribution in [0.15, 0.2) is 42.5 Å². The zero-order chi connectivity index (χ0) is 14.8. The Hall–Kier alpha value is -1.02. The molecule has 3 rings (SSSR count). The monoisotopic (exact) mass is 319 g/mol. The van der Waals surface area contributed by atoms with Crippen LogP contribution in [0, 0.1) is 5.92 Å². The molecule has 0 saturated carbocycles. The molecule has 1 aliphatic carbocycles. The molecular weight excluding hydrogens is 301 g/mol. The molecule has 2 aromatic carbocycles. The lowest BCUT2D eigenvalue weighted by molar-refractivity contribution is 0.383. The summed E-state index contributed by atoms with van der Waals surface area (Å²) in [5, 5.41) is 4.74. The quantitative estimate of drug-likeness (QED) is 0.872. The van der Waals surface area contributed by atoms with Gasteiger partial charge in [0.15, 0.2) is 0 Å². The highest BCUT2D eigenvalue weighted by Crippen LogP contribution is 2.30. The lowest BCUT2D eigenvalue weighted by atomic mass is 9.91. The molecule has 1 unspecified atom stereocenters. The van der Waals surface area contributed by atoms with Gasteiger partial charge in [-0.25, -0.2) is 0 Å². The van der Waals surface area contributed by atoms with E-state index in [1.807, 2.05) is 19.2 Å². The van der Waals surface area contributed by atoms with Crippen molar-refractivity contribution < 1.29 is 0 Å². The summed E-state index contributed by atoms with van der Waals surface area (Å²) in [6.07, 6.45) is 3.29. The van der Waals surface area contributed by atoms with Crippen LogP contribution in [0.5, 0.6) is 0 Å². The molecule has 1 nitrogen and oxygen atoms in total. The molecule has 1 atom stereocenters. The fraction of sp³-hybridized carbons (Fsp3) is 0.333. The van der Waals surface area contributed by atoms with Crippen LogP contribution in [-0.2, 0) is 19.3 Å². The zero-order valence-electron chi connectivity index (χ0n) is 12.1. The number of benzene rings is 2. The van der Waals surface area contributed by atoms with Crippen molar-refractivity contribution in [2.45, 2.75) is 25.3 Å². The van der Waals surface area contributed by atoms with Gasteiger partial charge in [0.05, 0.1) is 10.0 Å². The van der Waals surface area contributed by atoms with Gasteiger partial charge in [-0.05, 0) is 61.1 Å². The van der Waals surface area contributed by atoms with Crippen LogP contribution >= 0.6 is 23.2 Å². The average molecular weight is 320 g/mol. The molecule has 3 heteroatoms. The third-order valence-corrected chi connectivity index (χ3v) is 5.20. The molecule has 21 heavy (non-hydrogen) atoms. The highest BCUT2D eigenvalue weighted by atomic mass is 35.5. The summed E-state index contributed by atoms with van der Waals surface area (Å²) in [4.78, 5) is 0. The summed E-state index contributed by atoms with van der Waals surface area (Å²) in [5.74, 6) is 0.641. The maximum atomic E-state index is 6.12. The van der Waals surface area contributed by atoms with Gasteiger partial charge in [-0.3, -0.25) is 0 Å². The van der Waals surface area contributed by atoms with E-state index in [9.17, 15) is 0 Å². The number of hydrogen-bond donors (Lipinski definition) is 1. The normalized spacial score (nSPS) is 16.0. The smallest absolute Gasteiger partial charge is 0.0595 e. The van der Waals surface area contributed by atoms with E-state index in [2.05, 4.69) is 35.6 Å². The van der Waals surface area contributed by atoms with Crippen LogP contribution in [0.1, 0.15) is 16.7 Å². The number of halogens is 2. The molecule has 0 bridgehead atoms. The topological polar surface area (TPSA) is 12.0 Å². The van der Waals surface area contributed by atoms with Crippen molar-refractivity contribution in [2.75, 3.05) is 7.05 Å². The fourth-order valence-electron chi connectivity index (χ4n) is 3.30. The summed E-state index contributed by atoms with van der Waals surface area (Å²) in [7, 11) is 2.05. The predicted molar refractivity (Wildman–Crippen MR) is 90.4 cm³/mol. The van der Waals surface area contributed by atoms with Crippen molar-refractivity contribution in [3.8, 4) is 0 Å². The summed E-state index contributed by atoms with van der Waals surface area (Å²) < 4.78 is 0. The molecule has 1 N–H and O–H groups in total. The Kier molecular flexibility index (Phi) is 4.54. The maximum absolute atomic E-state index is 6.12. The van der Waals surface area contributed by atoms with Crippen molar-refractivity contribution >= 4 is 23.2 Å². The number of rotatable bonds is 4. The minimum absolute atomic E-state index is 0.453. The maximum Gasteiger partial charge on any atom is 0.0595 e. The number of likely N-dealkylation sites (N-methyl/N-ethyl adjacent to an activating group) is 1. The van der Waals surface area contributed by atoms with Gasteiger partial charge in [0.2, 0.25) is 0 Å². The van der Waals surface area contributed by atoms with E-state index < -0.39 is 0 Å². The van der Waals surface area contributed by atoms with Gasteiger partial charge in [0.25, 0.3) is 0 Å². The van der Waals surface area contributed by atoms with E-state index in [1.165, 1.54) is 16.7 Å². The van der Waals surface area contributed by atoms with Gasteiger partial charge >= 0.3 is 0 Å².